The van der Waals surface area contributed by atoms with E-state index in [-0.39, 0.29) is 35.8 Å². The summed E-state index contributed by atoms with van der Waals surface area (Å²) < 4.78 is 23.1. The van der Waals surface area contributed by atoms with Crippen LogP contribution in [0.1, 0.15) is 40.1 Å². The van der Waals surface area contributed by atoms with E-state index in [4.69, 9.17) is 0 Å². The number of aromatic nitrogens is 1. The summed E-state index contributed by atoms with van der Waals surface area (Å²) in [5.74, 6) is 0.123. The lowest BCUT2D eigenvalue weighted by Crippen LogP contribution is -2.36. The van der Waals surface area contributed by atoms with Gasteiger partial charge in [0, 0.05) is 30.9 Å². The highest BCUT2D eigenvalue weighted by molar-refractivity contribution is 7.91. The van der Waals surface area contributed by atoms with Gasteiger partial charge in [0.25, 0.3) is 5.91 Å². The molecular weight excluding hydrogens is 330 g/mol. The summed E-state index contributed by atoms with van der Waals surface area (Å²) >= 11 is 0. The van der Waals surface area contributed by atoms with Crippen LogP contribution in [0.15, 0.2) is 12.3 Å². The molecule has 0 spiro atoms. The van der Waals surface area contributed by atoms with Crippen LogP contribution in [-0.2, 0) is 9.84 Å². The molecule has 1 aromatic rings. The third kappa shape index (κ3) is 3.70. The largest absolute Gasteiger partial charge is 0.356 e. The van der Waals surface area contributed by atoms with Gasteiger partial charge in [-0.05, 0) is 32.4 Å². The summed E-state index contributed by atoms with van der Waals surface area (Å²) in [6, 6.07) is 1.49. The highest BCUT2D eigenvalue weighted by atomic mass is 32.2. The minimum Gasteiger partial charge on any atom is -0.356 e. The summed E-state index contributed by atoms with van der Waals surface area (Å²) in [4.78, 5) is 31.2. The van der Waals surface area contributed by atoms with Crippen molar-refractivity contribution in [3.63, 3.8) is 0 Å². The lowest BCUT2D eigenvalue weighted by Gasteiger charge is -2.21. The Morgan fingerprint density at radius 3 is 2.67 bits per heavy atom. The van der Waals surface area contributed by atoms with Crippen LogP contribution in [0.25, 0.3) is 0 Å². The van der Waals surface area contributed by atoms with Crippen molar-refractivity contribution in [2.45, 2.75) is 25.3 Å². The molecule has 1 atom stereocenters. The first-order chi connectivity index (χ1) is 11.4. The highest BCUT2D eigenvalue weighted by Gasteiger charge is 2.31. The molecule has 2 saturated heterocycles. The molecular formula is C16H23N3O4S. The van der Waals surface area contributed by atoms with Crippen molar-refractivity contribution in [3.05, 3.63) is 23.5 Å². The van der Waals surface area contributed by atoms with Gasteiger partial charge in [-0.25, -0.2) is 8.42 Å². The van der Waals surface area contributed by atoms with Crippen molar-refractivity contribution in [3.8, 4) is 0 Å². The Labute approximate surface area is 141 Å². The number of likely N-dealkylation sites (tertiary alicyclic amines) is 1. The summed E-state index contributed by atoms with van der Waals surface area (Å²) in [7, 11) is -1.20. The molecule has 7 nitrogen and oxygen atoms in total. The Morgan fingerprint density at radius 2 is 2.04 bits per heavy atom. The number of nitrogens with zero attached hydrogens (tertiary/aromatic N) is 2. The van der Waals surface area contributed by atoms with Gasteiger partial charge in [0.1, 0.15) is 5.69 Å². The van der Waals surface area contributed by atoms with Gasteiger partial charge in [0.2, 0.25) is 0 Å². The van der Waals surface area contributed by atoms with E-state index in [0.29, 0.717) is 17.7 Å². The normalized spacial score (nSPS) is 23.1. The smallest absolute Gasteiger partial charge is 0.270 e. The fourth-order valence-electron chi connectivity index (χ4n) is 3.34. The second kappa shape index (κ2) is 6.68. The second-order valence-corrected chi connectivity index (χ2v) is 8.93. The predicted octanol–water partition coefficient (Wildman–Crippen LogP) is 0.552. The van der Waals surface area contributed by atoms with Crippen LogP contribution in [0, 0.1) is 0 Å². The van der Waals surface area contributed by atoms with Crippen molar-refractivity contribution in [1.29, 1.82) is 0 Å². The quantitative estimate of drug-likeness (QED) is 0.781. The molecule has 0 saturated carbocycles. The highest BCUT2D eigenvalue weighted by Crippen LogP contribution is 2.18. The van der Waals surface area contributed by atoms with Crippen molar-refractivity contribution < 1.29 is 18.0 Å². The van der Waals surface area contributed by atoms with Gasteiger partial charge in [-0.1, -0.05) is 0 Å². The summed E-state index contributed by atoms with van der Waals surface area (Å²) in [6.07, 6.45) is 4.17. The molecule has 24 heavy (non-hydrogen) atoms. The first-order valence-electron chi connectivity index (χ1n) is 8.27. The minimum atomic E-state index is -2.97. The Morgan fingerprint density at radius 1 is 1.33 bits per heavy atom. The first-order valence-corrected chi connectivity index (χ1v) is 10.1. The number of aromatic amines is 1. The zero-order valence-electron chi connectivity index (χ0n) is 13.8. The molecule has 3 rings (SSSR count). The number of amides is 1. The van der Waals surface area contributed by atoms with Gasteiger partial charge in [0.05, 0.1) is 18.1 Å². The van der Waals surface area contributed by atoms with E-state index in [2.05, 4.69) is 4.98 Å². The molecule has 0 unspecified atom stereocenters. The number of ketones is 1. The van der Waals surface area contributed by atoms with Gasteiger partial charge in [0.15, 0.2) is 15.6 Å². The maximum absolute atomic E-state index is 12.4. The van der Waals surface area contributed by atoms with Crippen LogP contribution < -0.4 is 0 Å². The number of Topliss-reactive ketones (excluding diaryl/α,β-unsaturated/α-hetero) is 1. The van der Waals surface area contributed by atoms with E-state index < -0.39 is 9.84 Å². The molecule has 1 amide bonds. The number of H-pyrrole nitrogens is 1. The van der Waals surface area contributed by atoms with Crippen LogP contribution >= 0.6 is 0 Å². The maximum Gasteiger partial charge on any atom is 0.270 e. The summed E-state index contributed by atoms with van der Waals surface area (Å²) in [5.41, 5.74) is 0.900. The molecule has 2 fully saturated rings. The Balaban J connectivity index is 1.60. The van der Waals surface area contributed by atoms with Crippen molar-refractivity contribution in [2.75, 3.05) is 38.2 Å². The van der Waals surface area contributed by atoms with E-state index in [1.165, 1.54) is 0 Å². The molecule has 0 aromatic carbocycles. The monoisotopic (exact) mass is 353 g/mol. The van der Waals surface area contributed by atoms with Gasteiger partial charge in [-0.3, -0.25) is 14.5 Å². The van der Waals surface area contributed by atoms with Gasteiger partial charge in [-0.15, -0.1) is 0 Å². The summed E-state index contributed by atoms with van der Waals surface area (Å²) in [6.45, 7) is 1.68. The van der Waals surface area contributed by atoms with Crippen LogP contribution in [-0.4, -0.2) is 79.1 Å². The number of nitrogens with one attached hydrogen (secondary N) is 1. The zero-order chi connectivity index (χ0) is 17.3. The number of rotatable bonds is 5. The molecule has 0 radical (unpaired) electrons. The summed E-state index contributed by atoms with van der Waals surface area (Å²) in [5, 5.41) is 0. The van der Waals surface area contributed by atoms with E-state index in [1.807, 2.05) is 0 Å². The maximum atomic E-state index is 12.4. The first kappa shape index (κ1) is 17.2. The van der Waals surface area contributed by atoms with E-state index in [0.717, 1.165) is 25.9 Å². The Hall–Kier alpha value is -1.67. The molecule has 0 aliphatic carbocycles. The lowest BCUT2D eigenvalue weighted by molar-refractivity contribution is 0.0787. The Bertz CT molecular complexity index is 734. The van der Waals surface area contributed by atoms with Crippen molar-refractivity contribution in [1.82, 2.24) is 14.8 Å². The number of hydrogen-bond acceptors (Lipinski definition) is 5. The van der Waals surface area contributed by atoms with Crippen LogP contribution in [0.4, 0.5) is 0 Å². The van der Waals surface area contributed by atoms with Crippen LogP contribution in [0.2, 0.25) is 0 Å². The van der Waals surface area contributed by atoms with Gasteiger partial charge >= 0.3 is 0 Å². The minimum absolute atomic E-state index is 0.0678. The van der Waals surface area contributed by atoms with E-state index in [1.54, 1.807) is 29.1 Å². The third-order valence-corrected chi connectivity index (χ3v) is 6.60. The molecule has 1 aromatic heterocycles. The van der Waals surface area contributed by atoms with E-state index >= 15 is 0 Å². The zero-order valence-corrected chi connectivity index (χ0v) is 14.6. The molecule has 1 N–H and O–H groups in total. The average molecular weight is 353 g/mol. The fraction of sp³-hybridized carbons (Fsp3) is 0.625. The van der Waals surface area contributed by atoms with Gasteiger partial charge < -0.3 is 9.88 Å². The number of carbonyl (C=O) groups is 2. The number of hydrogen-bond donors (Lipinski definition) is 1. The van der Waals surface area contributed by atoms with Crippen molar-refractivity contribution >= 4 is 21.5 Å². The van der Waals surface area contributed by atoms with Gasteiger partial charge in [-0.2, -0.15) is 0 Å². The SMILES string of the molecule is CN(CC(=O)c1c[nH]c(C(=O)N2CCCC2)c1)[C@H]1CCS(=O)(=O)C1. The number of sulfone groups is 1. The topological polar surface area (TPSA) is 90.6 Å². The number of carbonyl (C=O) groups excluding carboxylic acids is 2. The average Bonchev–Trinajstić information content (AvgIpc) is 3.26. The molecule has 2 aliphatic rings. The molecule has 2 aliphatic heterocycles. The lowest BCUT2D eigenvalue weighted by atomic mass is 10.1. The number of likely N-dealkylation sites (N-methyl/N-ethyl adjacent to an activating group) is 1. The molecule has 3 heterocycles. The molecule has 132 valence electrons. The predicted molar refractivity (Wildman–Crippen MR) is 89.9 cm³/mol. The standard InChI is InChI=1S/C16H23N3O4S/c1-18(13-4-7-24(22,23)11-13)10-15(20)12-8-14(17-9-12)16(21)19-5-2-3-6-19/h8-9,13,17H,2-7,10-11H2,1H3/t13-/m0/s1. The molecule has 0 bridgehead atoms. The molecule has 8 heteroatoms. The van der Waals surface area contributed by atoms with E-state index in [9.17, 15) is 18.0 Å². The van der Waals surface area contributed by atoms with Crippen LogP contribution in [0.5, 0.6) is 0 Å². The second-order valence-electron chi connectivity index (χ2n) is 6.70. The van der Waals surface area contributed by atoms with Crippen molar-refractivity contribution in [2.24, 2.45) is 0 Å². The van der Waals surface area contributed by atoms with Crippen LogP contribution in [0.3, 0.4) is 0 Å². The third-order valence-electron chi connectivity index (χ3n) is 4.85. The Kier molecular flexibility index (Phi) is 4.78. The fourth-order valence-corrected chi connectivity index (χ4v) is 5.14.